The predicted molar refractivity (Wildman–Crippen MR) is 120 cm³/mol. The molecule has 0 spiro atoms. The number of nitrogens with zero attached hydrogens (tertiary/aromatic N) is 2. The van der Waals surface area contributed by atoms with Gasteiger partial charge in [-0.15, -0.1) is 0 Å². The van der Waals surface area contributed by atoms with Crippen molar-refractivity contribution in [2.24, 2.45) is 5.92 Å². The molecule has 6 nitrogen and oxygen atoms in total. The molecule has 1 aromatic heterocycles. The van der Waals surface area contributed by atoms with Gasteiger partial charge in [0.25, 0.3) is 0 Å². The Balaban J connectivity index is 1.29. The van der Waals surface area contributed by atoms with Crippen LogP contribution >= 0.6 is 0 Å². The zero-order valence-electron chi connectivity index (χ0n) is 17.9. The third kappa shape index (κ3) is 5.41. The Bertz CT molecular complexity index is 1050. The highest BCUT2D eigenvalue weighted by Crippen LogP contribution is 2.22. The van der Waals surface area contributed by atoms with Crippen molar-refractivity contribution in [1.29, 1.82) is 0 Å². The highest BCUT2D eigenvalue weighted by Gasteiger charge is 2.29. The summed E-state index contributed by atoms with van der Waals surface area (Å²) < 4.78 is 13.2. The minimum Gasteiger partial charge on any atom is -0.352 e. The van der Waals surface area contributed by atoms with Gasteiger partial charge in [-0.2, -0.15) is 5.10 Å². The quantitative estimate of drug-likeness (QED) is 0.567. The lowest BCUT2D eigenvalue weighted by Gasteiger charge is -2.32. The summed E-state index contributed by atoms with van der Waals surface area (Å²) in [5.41, 5.74) is 3.65. The molecule has 0 saturated carbocycles. The number of aryl methyl sites for hydroxylation is 1. The summed E-state index contributed by atoms with van der Waals surface area (Å²) in [4.78, 5) is 27.0. The SMILES string of the molecule is O=C(NCc1cn[nH]c1-c1ccc(F)cc1)C1CCC(=O)N(CCCc2ccccc2)C1. The first-order chi connectivity index (χ1) is 15.6. The zero-order valence-corrected chi connectivity index (χ0v) is 17.9. The van der Waals surface area contributed by atoms with E-state index in [0.29, 0.717) is 32.5 Å². The lowest BCUT2D eigenvalue weighted by Crippen LogP contribution is -2.46. The highest BCUT2D eigenvalue weighted by molar-refractivity contribution is 5.84. The number of carbonyl (C=O) groups excluding carboxylic acids is 2. The Labute approximate surface area is 186 Å². The van der Waals surface area contributed by atoms with Crippen LogP contribution in [0.5, 0.6) is 0 Å². The molecule has 1 atom stereocenters. The molecule has 2 amide bonds. The second-order valence-electron chi connectivity index (χ2n) is 8.16. The Morgan fingerprint density at radius 2 is 1.94 bits per heavy atom. The first-order valence-corrected chi connectivity index (χ1v) is 11.0. The maximum atomic E-state index is 13.2. The number of halogens is 1. The lowest BCUT2D eigenvalue weighted by molar-refractivity contribution is -0.138. The number of aromatic amines is 1. The third-order valence-electron chi connectivity index (χ3n) is 5.91. The van der Waals surface area contributed by atoms with E-state index in [0.717, 1.165) is 29.7 Å². The van der Waals surface area contributed by atoms with Crippen LogP contribution in [0.25, 0.3) is 11.3 Å². The van der Waals surface area contributed by atoms with Crippen molar-refractivity contribution in [1.82, 2.24) is 20.4 Å². The van der Waals surface area contributed by atoms with Gasteiger partial charge >= 0.3 is 0 Å². The van der Waals surface area contributed by atoms with Crippen molar-refractivity contribution in [3.63, 3.8) is 0 Å². The average Bonchev–Trinajstić information content (AvgIpc) is 3.28. The molecule has 1 aliphatic rings. The molecular weight excluding hydrogens is 407 g/mol. The van der Waals surface area contributed by atoms with Gasteiger partial charge in [0.1, 0.15) is 5.82 Å². The van der Waals surface area contributed by atoms with Crippen molar-refractivity contribution >= 4 is 11.8 Å². The highest BCUT2D eigenvalue weighted by atomic mass is 19.1. The standard InChI is InChI=1S/C25H27FN4O2/c26-22-11-8-19(9-12-22)24-21(16-28-29-24)15-27-25(32)20-10-13-23(31)30(17-20)14-4-7-18-5-2-1-3-6-18/h1-3,5-6,8-9,11-12,16,20H,4,7,10,13-15,17H2,(H,27,32)(H,28,29). The number of piperidine rings is 1. The number of likely N-dealkylation sites (tertiary alicyclic amines) is 1. The van der Waals surface area contributed by atoms with E-state index in [2.05, 4.69) is 27.6 Å². The van der Waals surface area contributed by atoms with E-state index in [-0.39, 0.29) is 23.5 Å². The van der Waals surface area contributed by atoms with Crippen LogP contribution in [0.4, 0.5) is 4.39 Å². The summed E-state index contributed by atoms with van der Waals surface area (Å²) in [5.74, 6) is -0.457. The molecule has 32 heavy (non-hydrogen) atoms. The van der Waals surface area contributed by atoms with Crippen molar-refractivity contribution < 1.29 is 14.0 Å². The first kappa shape index (κ1) is 21.7. The van der Waals surface area contributed by atoms with Crippen LogP contribution in [0.15, 0.2) is 60.8 Å². The molecule has 0 radical (unpaired) electrons. The van der Waals surface area contributed by atoms with Gasteiger partial charge in [0, 0.05) is 37.2 Å². The van der Waals surface area contributed by atoms with Gasteiger partial charge in [-0.25, -0.2) is 4.39 Å². The van der Waals surface area contributed by atoms with Gasteiger partial charge in [0.15, 0.2) is 0 Å². The molecule has 1 unspecified atom stereocenters. The number of nitrogens with one attached hydrogen (secondary N) is 2. The molecule has 1 saturated heterocycles. The minimum absolute atomic E-state index is 0.0585. The Morgan fingerprint density at radius 3 is 2.72 bits per heavy atom. The van der Waals surface area contributed by atoms with Gasteiger partial charge in [0.05, 0.1) is 17.8 Å². The number of hydrogen-bond donors (Lipinski definition) is 2. The smallest absolute Gasteiger partial charge is 0.225 e. The monoisotopic (exact) mass is 434 g/mol. The van der Waals surface area contributed by atoms with Crippen LogP contribution < -0.4 is 5.32 Å². The van der Waals surface area contributed by atoms with Crippen LogP contribution in [-0.4, -0.2) is 40.0 Å². The minimum atomic E-state index is -0.303. The number of carbonyl (C=O) groups is 2. The maximum absolute atomic E-state index is 13.2. The molecule has 2 heterocycles. The van der Waals surface area contributed by atoms with E-state index in [1.165, 1.54) is 17.7 Å². The third-order valence-corrected chi connectivity index (χ3v) is 5.91. The molecule has 1 fully saturated rings. The number of hydrogen-bond acceptors (Lipinski definition) is 3. The number of amides is 2. The van der Waals surface area contributed by atoms with Crippen LogP contribution in [0, 0.1) is 11.7 Å². The van der Waals surface area contributed by atoms with Gasteiger partial charge in [-0.3, -0.25) is 14.7 Å². The van der Waals surface area contributed by atoms with Crippen LogP contribution in [0.2, 0.25) is 0 Å². The van der Waals surface area contributed by atoms with Gasteiger partial charge in [-0.05, 0) is 49.1 Å². The number of H-pyrrole nitrogens is 1. The number of benzene rings is 2. The maximum Gasteiger partial charge on any atom is 0.225 e. The average molecular weight is 435 g/mol. The van der Waals surface area contributed by atoms with Crippen LogP contribution in [0.1, 0.15) is 30.4 Å². The molecule has 1 aliphatic heterocycles. The molecule has 2 N–H and O–H groups in total. The second-order valence-corrected chi connectivity index (χ2v) is 8.16. The lowest BCUT2D eigenvalue weighted by atomic mass is 9.96. The topological polar surface area (TPSA) is 78.1 Å². The number of rotatable bonds is 8. The predicted octanol–water partition coefficient (Wildman–Crippen LogP) is 3.70. The van der Waals surface area contributed by atoms with Crippen LogP contribution in [0.3, 0.4) is 0 Å². The Hall–Kier alpha value is -3.48. The van der Waals surface area contributed by atoms with E-state index in [1.807, 2.05) is 23.1 Å². The van der Waals surface area contributed by atoms with Crippen molar-refractivity contribution in [2.45, 2.75) is 32.2 Å². The summed E-state index contributed by atoms with van der Waals surface area (Å²) in [7, 11) is 0. The molecule has 166 valence electrons. The fourth-order valence-corrected chi connectivity index (χ4v) is 4.10. The van der Waals surface area contributed by atoms with Gasteiger partial charge < -0.3 is 10.2 Å². The fraction of sp³-hybridized carbons (Fsp3) is 0.320. The summed E-state index contributed by atoms with van der Waals surface area (Å²) in [5, 5.41) is 9.97. The van der Waals surface area contributed by atoms with Crippen molar-refractivity contribution in [3.05, 3.63) is 77.7 Å². The summed E-state index contributed by atoms with van der Waals surface area (Å²) in [6, 6.07) is 16.3. The summed E-state index contributed by atoms with van der Waals surface area (Å²) in [6.07, 6.45) is 4.42. The Morgan fingerprint density at radius 1 is 1.16 bits per heavy atom. The van der Waals surface area contributed by atoms with Gasteiger partial charge in [0.2, 0.25) is 11.8 Å². The van der Waals surface area contributed by atoms with Gasteiger partial charge in [-0.1, -0.05) is 30.3 Å². The normalized spacial score (nSPS) is 16.2. The zero-order chi connectivity index (χ0) is 22.3. The molecule has 0 bridgehead atoms. The van der Waals surface area contributed by atoms with E-state index in [9.17, 15) is 14.0 Å². The van der Waals surface area contributed by atoms with Crippen molar-refractivity contribution in [2.75, 3.05) is 13.1 Å². The molecule has 4 rings (SSSR count). The van der Waals surface area contributed by atoms with Crippen LogP contribution in [-0.2, 0) is 22.6 Å². The van der Waals surface area contributed by atoms with E-state index in [1.54, 1.807) is 18.3 Å². The largest absolute Gasteiger partial charge is 0.352 e. The molecule has 7 heteroatoms. The Kier molecular flexibility index (Phi) is 6.94. The summed E-state index contributed by atoms with van der Waals surface area (Å²) >= 11 is 0. The molecule has 3 aromatic rings. The molecular formula is C25H27FN4O2. The summed E-state index contributed by atoms with van der Waals surface area (Å²) in [6.45, 7) is 1.43. The fourth-order valence-electron chi connectivity index (χ4n) is 4.10. The van der Waals surface area contributed by atoms with E-state index in [4.69, 9.17) is 0 Å². The molecule has 0 aliphatic carbocycles. The molecule has 2 aromatic carbocycles. The van der Waals surface area contributed by atoms with Crippen molar-refractivity contribution in [3.8, 4) is 11.3 Å². The second kappa shape index (κ2) is 10.2. The van der Waals surface area contributed by atoms with E-state index >= 15 is 0 Å². The first-order valence-electron chi connectivity index (χ1n) is 11.0. The number of aromatic nitrogens is 2. The van der Waals surface area contributed by atoms with E-state index < -0.39 is 0 Å².